The Bertz CT molecular complexity index is 514. The number of carbonyl (C=O) groups is 1. The highest BCUT2D eigenvalue weighted by Crippen LogP contribution is 2.17. The van der Waals surface area contributed by atoms with Gasteiger partial charge in [0, 0.05) is 18.3 Å². The Morgan fingerprint density at radius 3 is 2.88 bits per heavy atom. The molecule has 0 unspecified atom stereocenters. The number of aromatic nitrogens is 2. The van der Waals surface area contributed by atoms with E-state index in [9.17, 15) is 4.79 Å². The largest absolute Gasteiger partial charge is 0.337 e. The number of piperidine rings is 1. The quantitative estimate of drug-likeness (QED) is 0.804. The van der Waals surface area contributed by atoms with Gasteiger partial charge >= 0.3 is 6.03 Å². The standard InChI is InChI=1S/C18H31N5O/c1-4-5-9-23-10-7-6-8-17(23)13-20-18(24)19-12-16-11-14(2)21-15(3)22-16/h11,17H,4-10,12-13H2,1-3H3,(H2,19,20,24)/t17-/m1/s1. The first-order valence-electron chi connectivity index (χ1n) is 9.15. The van der Waals surface area contributed by atoms with Gasteiger partial charge in [-0.2, -0.15) is 0 Å². The summed E-state index contributed by atoms with van der Waals surface area (Å²) in [6, 6.07) is 2.26. The van der Waals surface area contributed by atoms with Crippen molar-refractivity contribution in [3.8, 4) is 0 Å². The normalized spacial score (nSPS) is 18.4. The number of nitrogens with one attached hydrogen (secondary N) is 2. The van der Waals surface area contributed by atoms with Crippen LogP contribution in [0.5, 0.6) is 0 Å². The minimum absolute atomic E-state index is 0.120. The molecule has 0 aromatic carbocycles. The van der Waals surface area contributed by atoms with E-state index in [-0.39, 0.29) is 6.03 Å². The summed E-state index contributed by atoms with van der Waals surface area (Å²) in [5.74, 6) is 0.737. The highest BCUT2D eigenvalue weighted by atomic mass is 16.2. The molecule has 0 aliphatic carbocycles. The number of amides is 2. The van der Waals surface area contributed by atoms with E-state index in [1.807, 2.05) is 19.9 Å². The molecule has 0 radical (unpaired) electrons. The summed E-state index contributed by atoms with van der Waals surface area (Å²) in [6.07, 6.45) is 6.16. The zero-order chi connectivity index (χ0) is 17.4. The highest BCUT2D eigenvalue weighted by molar-refractivity contribution is 5.73. The van der Waals surface area contributed by atoms with Gasteiger partial charge in [-0.05, 0) is 52.3 Å². The molecule has 6 heteroatoms. The average molecular weight is 333 g/mol. The van der Waals surface area contributed by atoms with Crippen molar-refractivity contribution in [2.24, 2.45) is 0 Å². The molecule has 2 rings (SSSR count). The fraction of sp³-hybridized carbons (Fsp3) is 0.722. The van der Waals surface area contributed by atoms with Gasteiger partial charge < -0.3 is 10.6 Å². The first-order chi connectivity index (χ1) is 11.6. The Balaban J connectivity index is 1.75. The van der Waals surface area contributed by atoms with Gasteiger partial charge in [0.15, 0.2) is 0 Å². The fourth-order valence-corrected chi connectivity index (χ4v) is 3.27. The van der Waals surface area contributed by atoms with Crippen LogP contribution < -0.4 is 10.6 Å². The first kappa shape index (κ1) is 18.6. The van der Waals surface area contributed by atoms with Crippen molar-refractivity contribution < 1.29 is 4.79 Å². The van der Waals surface area contributed by atoms with Gasteiger partial charge in [0.1, 0.15) is 5.82 Å². The van der Waals surface area contributed by atoms with Crippen LogP contribution in [0.2, 0.25) is 0 Å². The van der Waals surface area contributed by atoms with Crippen molar-refractivity contribution in [1.29, 1.82) is 0 Å². The van der Waals surface area contributed by atoms with E-state index < -0.39 is 0 Å². The van der Waals surface area contributed by atoms with Gasteiger partial charge in [-0.25, -0.2) is 14.8 Å². The van der Waals surface area contributed by atoms with E-state index in [4.69, 9.17) is 0 Å². The number of rotatable bonds is 7. The zero-order valence-electron chi connectivity index (χ0n) is 15.3. The van der Waals surface area contributed by atoms with Gasteiger partial charge in [-0.1, -0.05) is 19.8 Å². The number of unbranched alkanes of at least 4 members (excludes halogenated alkanes) is 1. The van der Waals surface area contributed by atoms with Crippen molar-refractivity contribution in [2.75, 3.05) is 19.6 Å². The summed E-state index contributed by atoms with van der Waals surface area (Å²) in [6.45, 7) is 9.48. The molecule has 1 saturated heterocycles. The Morgan fingerprint density at radius 1 is 1.29 bits per heavy atom. The van der Waals surface area contributed by atoms with Gasteiger partial charge in [0.25, 0.3) is 0 Å². The molecule has 24 heavy (non-hydrogen) atoms. The molecule has 1 aromatic heterocycles. The van der Waals surface area contributed by atoms with E-state index in [1.165, 1.54) is 32.1 Å². The smallest absolute Gasteiger partial charge is 0.315 e. The number of nitrogens with zero attached hydrogens (tertiary/aromatic N) is 3. The molecule has 0 spiro atoms. The summed E-state index contributed by atoms with van der Waals surface area (Å²) in [5.41, 5.74) is 1.77. The van der Waals surface area contributed by atoms with Crippen LogP contribution in [0.15, 0.2) is 6.07 Å². The summed E-state index contributed by atoms with van der Waals surface area (Å²) >= 11 is 0. The molecule has 134 valence electrons. The maximum atomic E-state index is 12.1. The lowest BCUT2D eigenvalue weighted by Gasteiger charge is -2.35. The molecule has 1 aromatic rings. The van der Waals surface area contributed by atoms with Crippen molar-refractivity contribution in [1.82, 2.24) is 25.5 Å². The lowest BCUT2D eigenvalue weighted by atomic mass is 10.0. The monoisotopic (exact) mass is 333 g/mol. The summed E-state index contributed by atoms with van der Waals surface area (Å²) in [4.78, 5) is 23.2. The summed E-state index contributed by atoms with van der Waals surface area (Å²) in [5, 5.41) is 5.92. The van der Waals surface area contributed by atoms with E-state index in [2.05, 4.69) is 32.4 Å². The van der Waals surface area contributed by atoms with E-state index in [1.54, 1.807) is 0 Å². The topological polar surface area (TPSA) is 70.2 Å². The fourth-order valence-electron chi connectivity index (χ4n) is 3.27. The summed E-state index contributed by atoms with van der Waals surface area (Å²) in [7, 11) is 0. The molecule has 6 nitrogen and oxygen atoms in total. The molecule has 0 bridgehead atoms. The molecule has 2 N–H and O–H groups in total. The molecular weight excluding hydrogens is 302 g/mol. The van der Waals surface area contributed by atoms with Crippen molar-refractivity contribution in [3.05, 3.63) is 23.3 Å². The van der Waals surface area contributed by atoms with Crippen LogP contribution in [0, 0.1) is 13.8 Å². The number of likely N-dealkylation sites (tertiary alicyclic amines) is 1. The minimum Gasteiger partial charge on any atom is -0.337 e. The second kappa shape index (κ2) is 9.57. The molecular formula is C18H31N5O. The maximum absolute atomic E-state index is 12.1. The first-order valence-corrected chi connectivity index (χ1v) is 9.15. The van der Waals surface area contributed by atoms with E-state index in [0.717, 1.165) is 36.8 Å². The number of carbonyl (C=O) groups excluding carboxylic acids is 1. The van der Waals surface area contributed by atoms with E-state index >= 15 is 0 Å². The molecule has 1 aliphatic heterocycles. The number of hydrogen-bond donors (Lipinski definition) is 2. The molecule has 2 heterocycles. The zero-order valence-corrected chi connectivity index (χ0v) is 15.3. The van der Waals surface area contributed by atoms with Crippen LogP contribution in [0.3, 0.4) is 0 Å². The second-order valence-electron chi connectivity index (χ2n) is 6.65. The Kier molecular flexibility index (Phi) is 7.43. The third-order valence-corrected chi connectivity index (χ3v) is 4.50. The van der Waals surface area contributed by atoms with Gasteiger partial charge in [0.05, 0.1) is 12.2 Å². The average Bonchev–Trinajstić information content (AvgIpc) is 2.56. The molecule has 2 amide bonds. The predicted molar refractivity (Wildman–Crippen MR) is 95.9 cm³/mol. The number of urea groups is 1. The van der Waals surface area contributed by atoms with Gasteiger partial charge in [-0.15, -0.1) is 0 Å². The maximum Gasteiger partial charge on any atom is 0.315 e. The number of hydrogen-bond acceptors (Lipinski definition) is 4. The number of aryl methyl sites for hydroxylation is 2. The molecule has 0 saturated carbocycles. The second-order valence-corrected chi connectivity index (χ2v) is 6.65. The SMILES string of the molecule is CCCCN1CCCC[C@@H]1CNC(=O)NCc1cc(C)nc(C)n1. The van der Waals surface area contributed by atoms with Crippen molar-refractivity contribution in [2.45, 2.75) is 65.5 Å². The highest BCUT2D eigenvalue weighted by Gasteiger charge is 2.22. The predicted octanol–water partition coefficient (Wildman–Crippen LogP) is 2.55. The van der Waals surface area contributed by atoms with Crippen LogP contribution in [0.1, 0.15) is 56.2 Å². The van der Waals surface area contributed by atoms with Crippen LogP contribution in [-0.2, 0) is 6.54 Å². The Hall–Kier alpha value is -1.69. The summed E-state index contributed by atoms with van der Waals surface area (Å²) < 4.78 is 0. The Morgan fingerprint density at radius 2 is 2.12 bits per heavy atom. The lowest BCUT2D eigenvalue weighted by Crippen LogP contribution is -2.48. The van der Waals surface area contributed by atoms with Crippen LogP contribution >= 0.6 is 0 Å². The van der Waals surface area contributed by atoms with Crippen molar-refractivity contribution in [3.63, 3.8) is 0 Å². The molecule has 1 atom stereocenters. The van der Waals surface area contributed by atoms with Gasteiger partial charge in [-0.3, -0.25) is 4.90 Å². The van der Waals surface area contributed by atoms with E-state index in [0.29, 0.717) is 12.6 Å². The lowest BCUT2D eigenvalue weighted by molar-refractivity contribution is 0.144. The third kappa shape index (κ3) is 6.07. The third-order valence-electron chi connectivity index (χ3n) is 4.50. The van der Waals surface area contributed by atoms with Crippen LogP contribution in [-0.4, -0.2) is 46.6 Å². The van der Waals surface area contributed by atoms with Crippen LogP contribution in [0.4, 0.5) is 4.79 Å². The molecule has 1 aliphatic rings. The van der Waals surface area contributed by atoms with Crippen molar-refractivity contribution >= 4 is 6.03 Å². The van der Waals surface area contributed by atoms with Gasteiger partial charge in [0.2, 0.25) is 0 Å². The van der Waals surface area contributed by atoms with Crippen LogP contribution in [0.25, 0.3) is 0 Å². The Labute approximate surface area is 145 Å². The minimum atomic E-state index is -0.120. The molecule has 1 fully saturated rings.